The third kappa shape index (κ3) is 2.08. The fourth-order valence-corrected chi connectivity index (χ4v) is 4.47. The van der Waals surface area contributed by atoms with Crippen molar-refractivity contribution in [2.75, 3.05) is 4.90 Å². The van der Waals surface area contributed by atoms with E-state index in [0.717, 1.165) is 22.4 Å². The molecule has 2 atom stereocenters. The molecule has 0 spiro atoms. The first kappa shape index (κ1) is 15.0. The van der Waals surface area contributed by atoms with Crippen molar-refractivity contribution in [3.8, 4) is 0 Å². The molecule has 0 radical (unpaired) electrons. The molecule has 0 aliphatic carbocycles. The van der Waals surface area contributed by atoms with E-state index in [-0.39, 0.29) is 6.03 Å². The van der Waals surface area contributed by atoms with E-state index in [1.807, 2.05) is 32.0 Å². The van der Waals surface area contributed by atoms with Gasteiger partial charge < -0.3 is 10.4 Å². The first-order valence-electron chi connectivity index (χ1n) is 7.53. The molecule has 1 aromatic carbocycles. The van der Waals surface area contributed by atoms with Crippen molar-refractivity contribution >= 4 is 35.1 Å². The average Bonchev–Trinajstić information content (AvgIpc) is 2.89. The molecule has 0 bridgehead atoms. The van der Waals surface area contributed by atoms with Crippen molar-refractivity contribution in [1.29, 1.82) is 0 Å². The molecule has 3 heterocycles. The van der Waals surface area contributed by atoms with Crippen LogP contribution in [0.2, 0.25) is 0 Å². The second-order valence-electron chi connectivity index (χ2n) is 5.98. The highest BCUT2D eigenvalue weighted by Gasteiger charge is 2.46. The van der Waals surface area contributed by atoms with Crippen LogP contribution in [0.25, 0.3) is 0 Å². The summed E-state index contributed by atoms with van der Waals surface area (Å²) in [6.07, 6.45) is 1.62. The van der Waals surface area contributed by atoms with Crippen LogP contribution in [0.4, 0.5) is 16.2 Å². The highest BCUT2D eigenvalue weighted by molar-refractivity contribution is 8.00. The fraction of sp³-hybridized carbons (Fsp3) is 0.235. The van der Waals surface area contributed by atoms with Crippen LogP contribution in [0.3, 0.4) is 0 Å². The van der Waals surface area contributed by atoms with Gasteiger partial charge in [-0.15, -0.1) is 0 Å². The summed E-state index contributed by atoms with van der Waals surface area (Å²) in [6, 6.07) is 6.79. The van der Waals surface area contributed by atoms with Gasteiger partial charge in [-0.3, -0.25) is 9.69 Å². The van der Waals surface area contributed by atoms with Gasteiger partial charge in [0.25, 0.3) is 0 Å². The van der Waals surface area contributed by atoms with Crippen LogP contribution < -0.4 is 10.2 Å². The topological polar surface area (TPSA) is 82.5 Å². The molecular formula is C17H15N3O3S. The van der Waals surface area contributed by atoms with Crippen LogP contribution in [0.15, 0.2) is 35.5 Å². The summed E-state index contributed by atoms with van der Waals surface area (Å²) in [5, 5.41) is 12.2. The minimum absolute atomic E-state index is 0.314. The lowest BCUT2D eigenvalue weighted by atomic mass is 9.99. The normalized spacial score (nSPS) is 21.4. The van der Waals surface area contributed by atoms with Crippen LogP contribution in [0.5, 0.6) is 0 Å². The predicted molar refractivity (Wildman–Crippen MR) is 90.8 cm³/mol. The molecule has 2 unspecified atom stereocenters. The van der Waals surface area contributed by atoms with Crippen LogP contribution in [-0.2, 0) is 4.79 Å². The lowest BCUT2D eigenvalue weighted by molar-refractivity contribution is -0.136. The minimum atomic E-state index is -0.950. The molecule has 7 heteroatoms. The second-order valence-corrected chi connectivity index (χ2v) is 7.11. The maximum absolute atomic E-state index is 12.7. The van der Waals surface area contributed by atoms with Gasteiger partial charge in [-0.2, -0.15) is 0 Å². The van der Waals surface area contributed by atoms with Gasteiger partial charge in [-0.05, 0) is 31.5 Å². The zero-order valence-electron chi connectivity index (χ0n) is 13.1. The van der Waals surface area contributed by atoms with Crippen LogP contribution in [-0.4, -0.2) is 27.3 Å². The highest BCUT2D eigenvalue weighted by atomic mass is 32.2. The smallest absolute Gasteiger partial charge is 0.327 e. The Morgan fingerprint density at radius 3 is 2.79 bits per heavy atom. The Kier molecular flexibility index (Phi) is 3.28. The predicted octanol–water partition coefficient (Wildman–Crippen LogP) is 3.16. The molecule has 24 heavy (non-hydrogen) atoms. The van der Waals surface area contributed by atoms with Crippen molar-refractivity contribution in [3.05, 3.63) is 47.2 Å². The molecule has 0 fully saturated rings. The molecule has 2 aliphatic rings. The molecule has 2 aromatic rings. The Balaban J connectivity index is 1.89. The third-order valence-electron chi connectivity index (χ3n) is 4.34. The zero-order chi connectivity index (χ0) is 17.0. The molecule has 1 aromatic heterocycles. The Hall–Kier alpha value is -2.54. The van der Waals surface area contributed by atoms with Crippen LogP contribution in [0, 0.1) is 13.8 Å². The second kappa shape index (κ2) is 5.24. The zero-order valence-corrected chi connectivity index (χ0v) is 13.9. The summed E-state index contributed by atoms with van der Waals surface area (Å²) in [5.74, 6) is -0.950. The van der Waals surface area contributed by atoms with Crippen LogP contribution in [0.1, 0.15) is 22.7 Å². The molecular weight excluding hydrogens is 326 g/mol. The van der Waals surface area contributed by atoms with Gasteiger partial charge in [0.05, 0.1) is 17.4 Å². The number of aliphatic carboxylic acids is 1. The van der Waals surface area contributed by atoms with Gasteiger partial charge in [-0.25, -0.2) is 9.78 Å². The van der Waals surface area contributed by atoms with Crippen LogP contribution >= 0.6 is 11.8 Å². The van der Waals surface area contributed by atoms with E-state index in [1.165, 1.54) is 11.8 Å². The Morgan fingerprint density at radius 2 is 2.08 bits per heavy atom. The SMILES string of the molecule is Cc1ccc(N2C(=O)NC3c4c2ccnc4SC3C(=O)O)c(C)c1. The summed E-state index contributed by atoms with van der Waals surface area (Å²) in [5.41, 5.74) is 4.38. The number of anilines is 2. The number of nitrogens with zero attached hydrogens (tertiary/aromatic N) is 2. The van der Waals surface area contributed by atoms with E-state index in [1.54, 1.807) is 17.2 Å². The average molecular weight is 341 g/mol. The summed E-state index contributed by atoms with van der Waals surface area (Å²) in [7, 11) is 0. The van der Waals surface area contributed by atoms with Crippen molar-refractivity contribution in [2.45, 2.75) is 30.2 Å². The number of nitrogens with one attached hydrogen (secondary N) is 1. The first-order chi connectivity index (χ1) is 11.5. The number of carboxylic acids is 1. The fourth-order valence-electron chi connectivity index (χ4n) is 3.31. The van der Waals surface area contributed by atoms with E-state index in [2.05, 4.69) is 10.3 Å². The first-order valence-corrected chi connectivity index (χ1v) is 8.41. The molecule has 0 saturated carbocycles. The lowest BCUT2D eigenvalue weighted by Crippen LogP contribution is -2.47. The van der Waals surface area contributed by atoms with Gasteiger partial charge >= 0.3 is 12.0 Å². The number of aromatic nitrogens is 1. The molecule has 0 saturated heterocycles. The van der Waals surface area contributed by atoms with Crippen molar-refractivity contribution < 1.29 is 14.7 Å². The van der Waals surface area contributed by atoms with E-state index >= 15 is 0 Å². The maximum atomic E-state index is 12.7. The number of amides is 2. The number of carbonyl (C=O) groups is 2. The monoisotopic (exact) mass is 341 g/mol. The Labute approximate surface area is 142 Å². The quantitative estimate of drug-likeness (QED) is 0.877. The van der Waals surface area contributed by atoms with E-state index in [0.29, 0.717) is 10.7 Å². The Bertz CT molecular complexity index is 883. The largest absolute Gasteiger partial charge is 0.480 e. The maximum Gasteiger partial charge on any atom is 0.327 e. The number of carboxylic acid groups (broad SMARTS) is 1. The minimum Gasteiger partial charge on any atom is -0.480 e. The number of benzene rings is 1. The molecule has 4 rings (SSSR count). The summed E-state index contributed by atoms with van der Waals surface area (Å²) in [4.78, 5) is 30.2. The third-order valence-corrected chi connectivity index (χ3v) is 5.62. The van der Waals surface area contributed by atoms with Gasteiger partial charge in [0.2, 0.25) is 0 Å². The number of carbonyl (C=O) groups excluding carboxylic acids is 1. The van der Waals surface area contributed by atoms with Crippen molar-refractivity contribution in [1.82, 2.24) is 10.3 Å². The highest BCUT2D eigenvalue weighted by Crippen LogP contribution is 2.50. The molecule has 6 nitrogen and oxygen atoms in total. The van der Waals surface area contributed by atoms with E-state index in [9.17, 15) is 14.7 Å². The molecule has 2 aliphatic heterocycles. The standard InChI is InChI=1S/C17H15N3O3S/c1-8-3-4-10(9(2)7-8)20-11-5-6-18-15-12(11)13(19-17(20)23)14(24-15)16(21)22/h3-7,13-14H,1-2H3,(H,19,23)(H,21,22). The molecule has 2 N–H and O–H groups in total. The number of hydrogen-bond donors (Lipinski definition) is 2. The number of urea groups is 1. The lowest BCUT2D eigenvalue weighted by Gasteiger charge is -2.34. The van der Waals surface area contributed by atoms with Gasteiger partial charge in [0, 0.05) is 11.8 Å². The van der Waals surface area contributed by atoms with Crippen molar-refractivity contribution in [3.63, 3.8) is 0 Å². The summed E-state index contributed by atoms with van der Waals surface area (Å²) >= 11 is 1.18. The van der Waals surface area contributed by atoms with Gasteiger partial charge in [-0.1, -0.05) is 29.5 Å². The molecule has 122 valence electrons. The Morgan fingerprint density at radius 1 is 1.29 bits per heavy atom. The molecule has 2 amide bonds. The van der Waals surface area contributed by atoms with Gasteiger partial charge in [0.1, 0.15) is 10.3 Å². The number of aryl methyl sites for hydroxylation is 2. The van der Waals surface area contributed by atoms with Crippen molar-refractivity contribution in [2.24, 2.45) is 0 Å². The summed E-state index contributed by atoms with van der Waals surface area (Å²) in [6.45, 7) is 3.96. The van der Waals surface area contributed by atoms with Gasteiger partial charge in [0.15, 0.2) is 0 Å². The summed E-state index contributed by atoms with van der Waals surface area (Å²) < 4.78 is 0. The van der Waals surface area contributed by atoms with E-state index < -0.39 is 17.3 Å². The number of pyridine rings is 1. The number of thioether (sulfide) groups is 1. The van der Waals surface area contributed by atoms with E-state index in [4.69, 9.17) is 0 Å². The number of rotatable bonds is 2. The number of hydrogen-bond acceptors (Lipinski definition) is 4.